The molecule has 0 fully saturated rings. The standard InChI is InChI=1S/C21H23N3O4/c1-5-27-20(25)13-28-19-12-15(10-11-18(19)26-4)24(3)21-16-8-6-7-9-17(16)22-14(2)23-21/h6-12H,5,13H2,1-4H3. The van der Waals surface area contributed by atoms with Crippen LogP contribution in [0.5, 0.6) is 11.5 Å². The van der Waals surface area contributed by atoms with Gasteiger partial charge in [0.25, 0.3) is 0 Å². The van der Waals surface area contributed by atoms with Gasteiger partial charge in [0.05, 0.1) is 19.2 Å². The second-order valence-electron chi connectivity index (χ2n) is 6.10. The molecule has 3 aromatic rings. The van der Waals surface area contributed by atoms with Crippen LogP contribution in [0, 0.1) is 6.92 Å². The molecule has 7 heteroatoms. The van der Waals surface area contributed by atoms with Crippen molar-refractivity contribution in [2.24, 2.45) is 0 Å². The molecular formula is C21H23N3O4. The summed E-state index contributed by atoms with van der Waals surface area (Å²) in [6, 6.07) is 13.4. The number of para-hydroxylation sites is 1. The smallest absolute Gasteiger partial charge is 0.344 e. The number of esters is 1. The summed E-state index contributed by atoms with van der Waals surface area (Å²) in [5.41, 5.74) is 1.71. The molecule has 0 saturated heterocycles. The van der Waals surface area contributed by atoms with Gasteiger partial charge in [-0.05, 0) is 38.1 Å². The zero-order valence-corrected chi connectivity index (χ0v) is 16.4. The third-order valence-electron chi connectivity index (χ3n) is 4.20. The van der Waals surface area contributed by atoms with E-state index in [9.17, 15) is 4.79 Å². The highest BCUT2D eigenvalue weighted by molar-refractivity contribution is 5.91. The Morgan fingerprint density at radius 3 is 2.64 bits per heavy atom. The molecule has 3 rings (SSSR count). The van der Waals surface area contributed by atoms with E-state index < -0.39 is 5.97 Å². The number of carbonyl (C=O) groups is 1. The fraction of sp³-hybridized carbons (Fsp3) is 0.286. The fourth-order valence-electron chi connectivity index (χ4n) is 2.88. The number of fused-ring (bicyclic) bond motifs is 1. The van der Waals surface area contributed by atoms with E-state index in [1.54, 1.807) is 20.1 Å². The van der Waals surface area contributed by atoms with Crippen molar-refractivity contribution in [2.75, 3.05) is 32.3 Å². The molecule has 0 spiro atoms. The van der Waals surface area contributed by atoms with Crippen LogP contribution in [0.4, 0.5) is 11.5 Å². The third kappa shape index (κ3) is 4.14. The van der Waals surface area contributed by atoms with Crippen LogP contribution in [0.2, 0.25) is 0 Å². The number of anilines is 2. The number of aryl methyl sites for hydroxylation is 1. The lowest BCUT2D eigenvalue weighted by molar-refractivity contribution is -0.145. The van der Waals surface area contributed by atoms with Gasteiger partial charge in [-0.15, -0.1) is 0 Å². The zero-order chi connectivity index (χ0) is 20.1. The monoisotopic (exact) mass is 381 g/mol. The molecule has 28 heavy (non-hydrogen) atoms. The Hall–Kier alpha value is -3.35. The number of carbonyl (C=O) groups excluding carboxylic acids is 1. The van der Waals surface area contributed by atoms with Crippen molar-refractivity contribution in [2.45, 2.75) is 13.8 Å². The normalized spacial score (nSPS) is 10.6. The number of nitrogens with zero attached hydrogens (tertiary/aromatic N) is 3. The van der Waals surface area contributed by atoms with Gasteiger partial charge in [0.2, 0.25) is 0 Å². The molecule has 1 heterocycles. The van der Waals surface area contributed by atoms with Crippen LogP contribution < -0.4 is 14.4 Å². The summed E-state index contributed by atoms with van der Waals surface area (Å²) in [5.74, 6) is 2.03. The number of aromatic nitrogens is 2. The molecular weight excluding hydrogens is 358 g/mol. The van der Waals surface area contributed by atoms with E-state index in [4.69, 9.17) is 14.2 Å². The molecule has 1 aromatic heterocycles. The van der Waals surface area contributed by atoms with Gasteiger partial charge in [0.1, 0.15) is 11.6 Å². The summed E-state index contributed by atoms with van der Waals surface area (Å²) in [7, 11) is 3.47. The van der Waals surface area contributed by atoms with Gasteiger partial charge in [-0.1, -0.05) is 12.1 Å². The van der Waals surface area contributed by atoms with E-state index in [0.29, 0.717) is 23.9 Å². The maximum absolute atomic E-state index is 11.6. The number of hydrogen-bond acceptors (Lipinski definition) is 7. The molecule has 0 unspecified atom stereocenters. The minimum atomic E-state index is -0.430. The molecule has 0 radical (unpaired) electrons. The SMILES string of the molecule is CCOC(=O)COc1cc(N(C)c2nc(C)nc3ccccc23)ccc1OC. The van der Waals surface area contributed by atoms with Crippen LogP contribution >= 0.6 is 0 Å². The Morgan fingerprint density at radius 2 is 1.89 bits per heavy atom. The number of ether oxygens (including phenoxy) is 3. The molecule has 2 aromatic carbocycles. The number of hydrogen-bond donors (Lipinski definition) is 0. The van der Waals surface area contributed by atoms with Crippen molar-refractivity contribution in [1.82, 2.24) is 9.97 Å². The van der Waals surface area contributed by atoms with E-state index >= 15 is 0 Å². The van der Waals surface area contributed by atoms with Gasteiger partial charge in [0.15, 0.2) is 18.1 Å². The van der Waals surface area contributed by atoms with Gasteiger partial charge in [-0.2, -0.15) is 0 Å². The van der Waals surface area contributed by atoms with Gasteiger partial charge < -0.3 is 19.1 Å². The molecule has 146 valence electrons. The highest BCUT2D eigenvalue weighted by atomic mass is 16.6. The number of benzene rings is 2. The first-order valence-electron chi connectivity index (χ1n) is 8.97. The van der Waals surface area contributed by atoms with Crippen molar-refractivity contribution >= 4 is 28.4 Å². The molecule has 0 amide bonds. The van der Waals surface area contributed by atoms with Crippen LogP contribution in [0.25, 0.3) is 10.9 Å². The highest BCUT2D eigenvalue weighted by Crippen LogP contribution is 2.35. The maximum Gasteiger partial charge on any atom is 0.344 e. The van der Waals surface area contributed by atoms with Gasteiger partial charge in [-0.3, -0.25) is 0 Å². The average molecular weight is 381 g/mol. The Kier molecular flexibility index (Phi) is 5.93. The molecule has 0 saturated carbocycles. The lowest BCUT2D eigenvalue weighted by Crippen LogP contribution is -2.16. The summed E-state index contributed by atoms with van der Waals surface area (Å²) in [5, 5.41) is 0.945. The second-order valence-corrected chi connectivity index (χ2v) is 6.10. The predicted octanol–water partition coefficient (Wildman–Crippen LogP) is 3.66. The summed E-state index contributed by atoms with van der Waals surface area (Å²) >= 11 is 0. The van der Waals surface area contributed by atoms with E-state index in [-0.39, 0.29) is 6.61 Å². The molecule has 7 nitrogen and oxygen atoms in total. The minimum absolute atomic E-state index is 0.188. The van der Waals surface area contributed by atoms with E-state index in [2.05, 4.69) is 9.97 Å². The Balaban J connectivity index is 1.95. The van der Waals surface area contributed by atoms with Crippen LogP contribution in [0.3, 0.4) is 0 Å². The molecule has 0 aliphatic heterocycles. The summed E-state index contributed by atoms with van der Waals surface area (Å²) in [6.45, 7) is 3.74. The lowest BCUT2D eigenvalue weighted by atomic mass is 10.2. The number of methoxy groups -OCH3 is 1. The molecule has 0 N–H and O–H groups in total. The topological polar surface area (TPSA) is 73.8 Å². The quantitative estimate of drug-likeness (QED) is 0.578. The highest BCUT2D eigenvalue weighted by Gasteiger charge is 2.15. The van der Waals surface area contributed by atoms with Gasteiger partial charge in [0, 0.05) is 24.2 Å². The average Bonchev–Trinajstić information content (AvgIpc) is 2.71. The third-order valence-corrected chi connectivity index (χ3v) is 4.20. The Bertz CT molecular complexity index is 991. The van der Waals surface area contributed by atoms with Crippen LogP contribution in [-0.4, -0.2) is 43.3 Å². The maximum atomic E-state index is 11.6. The van der Waals surface area contributed by atoms with Crippen LogP contribution in [-0.2, 0) is 9.53 Å². The number of rotatable bonds is 7. The van der Waals surface area contributed by atoms with Crippen molar-refractivity contribution < 1.29 is 19.0 Å². The van der Waals surface area contributed by atoms with Crippen molar-refractivity contribution in [1.29, 1.82) is 0 Å². The summed E-state index contributed by atoms with van der Waals surface area (Å²) < 4.78 is 15.9. The lowest BCUT2D eigenvalue weighted by Gasteiger charge is -2.22. The van der Waals surface area contributed by atoms with Crippen molar-refractivity contribution in [3.8, 4) is 11.5 Å². The van der Waals surface area contributed by atoms with E-state index in [0.717, 1.165) is 22.4 Å². The van der Waals surface area contributed by atoms with Gasteiger partial charge in [-0.25, -0.2) is 14.8 Å². The van der Waals surface area contributed by atoms with E-state index in [1.807, 2.05) is 55.3 Å². The van der Waals surface area contributed by atoms with Crippen LogP contribution in [0.1, 0.15) is 12.7 Å². The fourth-order valence-corrected chi connectivity index (χ4v) is 2.88. The first-order chi connectivity index (χ1) is 13.5. The summed E-state index contributed by atoms with van der Waals surface area (Å²) in [4.78, 5) is 22.7. The predicted molar refractivity (Wildman–Crippen MR) is 107 cm³/mol. The molecule has 0 aliphatic rings. The van der Waals surface area contributed by atoms with Crippen molar-refractivity contribution in [3.05, 3.63) is 48.3 Å². The minimum Gasteiger partial charge on any atom is -0.493 e. The Labute approximate surface area is 163 Å². The Morgan fingerprint density at radius 1 is 1.11 bits per heavy atom. The molecule has 0 aliphatic carbocycles. The van der Waals surface area contributed by atoms with Crippen molar-refractivity contribution in [3.63, 3.8) is 0 Å². The zero-order valence-electron chi connectivity index (χ0n) is 16.4. The first kappa shape index (κ1) is 19.4. The van der Waals surface area contributed by atoms with Crippen LogP contribution in [0.15, 0.2) is 42.5 Å². The molecule has 0 atom stereocenters. The summed E-state index contributed by atoms with van der Waals surface area (Å²) in [6.07, 6.45) is 0. The molecule has 0 bridgehead atoms. The van der Waals surface area contributed by atoms with Gasteiger partial charge >= 0.3 is 5.97 Å². The largest absolute Gasteiger partial charge is 0.493 e. The second kappa shape index (κ2) is 8.56. The van der Waals surface area contributed by atoms with E-state index in [1.165, 1.54) is 0 Å². The first-order valence-corrected chi connectivity index (χ1v) is 8.97.